The van der Waals surface area contributed by atoms with Crippen molar-refractivity contribution in [2.24, 2.45) is 0 Å². The van der Waals surface area contributed by atoms with Gasteiger partial charge in [-0.3, -0.25) is 0 Å². The Morgan fingerprint density at radius 1 is 1.20 bits per heavy atom. The number of hydrogen-bond donors (Lipinski definition) is 1. The molecule has 0 radical (unpaired) electrons. The molecule has 1 saturated carbocycles. The number of ether oxygens (including phenoxy) is 2. The van der Waals surface area contributed by atoms with Crippen molar-refractivity contribution in [1.29, 1.82) is 0 Å². The summed E-state index contributed by atoms with van der Waals surface area (Å²) in [6.07, 6.45) is 9.81. The maximum atomic E-state index is 13.7. The molecule has 8 heteroatoms. The van der Waals surface area contributed by atoms with Crippen LogP contribution in [0.25, 0.3) is 0 Å². The van der Waals surface area contributed by atoms with Gasteiger partial charge in [-0.15, -0.1) is 11.8 Å². The third-order valence-corrected chi connectivity index (χ3v) is 6.17. The van der Waals surface area contributed by atoms with E-state index in [1.165, 1.54) is 12.1 Å². The highest BCUT2D eigenvalue weighted by molar-refractivity contribution is 7.98. The van der Waals surface area contributed by atoms with Crippen LogP contribution >= 0.6 is 11.8 Å². The van der Waals surface area contributed by atoms with E-state index in [4.69, 9.17) is 9.47 Å². The topological polar surface area (TPSA) is 72.9 Å². The van der Waals surface area contributed by atoms with E-state index in [2.05, 4.69) is 19.9 Å². The number of nitrogens with zero attached hydrogens (tertiary/aromatic N) is 3. The van der Waals surface area contributed by atoms with Gasteiger partial charge in [0, 0.05) is 30.4 Å². The standard InChI is InChI=1S/C22H25FN4O2S/c1-28-21-26-10-8-19(27-21)18-13-15(20-24-11-12-25-20)7-9-22(18,29-14-30-2)16-3-5-17(23)6-4-16/h3-6,8,10-12,15,18H,7,9,13-14H2,1-2H3,(H,24,25)/t15?,18-,22-/m1/s1. The van der Waals surface area contributed by atoms with Gasteiger partial charge in [0.05, 0.1) is 18.7 Å². The largest absolute Gasteiger partial charge is 0.467 e. The van der Waals surface area contributed by atoms with E-state index < -0.39 is 5.60 Å². The van der Waals surface area contributed by atoms with Crippen LogP contribution in [0.15, 0.2) is 48.9 Å². The summed E-state index contributed by atoms with van der Waals surface area (Å²) in [6.45, 7) is 0. The molecule has 2 heterocycles. The number of methoxy groups -OCH3 is 1. The summed E-state index contributed by atoms with van der Waals surface area (Å²) in [5.74, 6) is 1.41. The fourth-order valence-corrected chi connectivity index (χ4v) is 4.74. The van der Waals surface area contributed by atoms with Crippen LogP contribution in [0.4, 0.5) is 4.39 Å². The number of aromatic amines is 1. The second-order valence-electron chi connectivity index (χ2n) is 7.41. The minimum absolute atomic E-state index is 0.0733. The van der Waals surface area contributed by atoms with Crippen LogP contribution in [0.3, 0.4) is 0 Å². The number of imidazole rings is 1. The average Bonchev–Trinajstić information content (AvgIpc) is 3.33. The number of nitrogens with one attached hydrogen (secondary N) is 1. The Balaban J connectivity index is 1.81. The lowest BCUT2D eigenvalue weighted by atomic mass is 9.66. The van der Waals surface area contributed by atoms with Crippen LogP contribution in [0, 0.1) is 5.82 Å². The molecule has 1 fully saturated rings. The Hall–Kier alpha value is -2.45. The van der Waals surface area contributed by atoms with E-state index in [0.29, 0.717) is 11.9 Å². The monoisotopic (exact) mass is 428 g/mol. The summed E-state index contributed by atoms with van der Waals surface area (Å²) in [4.78, 5) is 16.6. The molecule has 3 aromatic rings. The zero-order valence-corrected chi connectivity index (χ0v) is 17.9. The minimum Gasteiger partial charge on any atom is -0.467 e. The molecule has 0 amide bonds. The minimum atomic E-state index is -0.626. The van der Waals surface area contributed by atoms with Crippen LogP contribution in [-0.4, -0.2) is 39.2 Å². The van der Waals surface area contributed by atoms with Gasteiger partial charge in [-0.05, 0) is 49.3 Å². The van der Waals surface area contributed by atoms with E-state index in [1.807, 2.05) is 30.7 Å². The third-order valence-electron chi connectivity index (χ3n) is 5.82. The van der Waals surface area contributed by atoms with Gasteiger partial charge >= 0.3 is 6.01 Å². The van der Waals surface area contributed by atoms with Gasteiger partial charge in [0.25, 0.3) is 0 Å². The van der Waals surface area contributed by atoms with E-state index in [-0.39, 0.29) is 17.7 Å². The Labute approximate surface area is 179 Å². The molecule has 6 nitrogen and oxygen atoms in total. The predicted molar refractivity (Wildman–Crippen MR) is 114 cm³/mol. The van der Waals surface area contributed by atoms with Gasteiger partial charge in [-0.1, -0.05) is 12.1 Å². The highest BCUT2D eigenvalue weighted by Gasteiger charge is 2.48. The number of rotatable bonds is 7. The molecule has 1 aliphatic carbocycles. The van der Waals surface area contributed by atoms with E-state index in [1.54, 1.807) is 31.3 Å². The van der Waals surface area contributed by atoms with Gasteiger partial charge in [0.1, 0.15) is 17.2 Å². The molecule has 0 aliphatic heterocycles. The maximum Gasteiger partial charge on any atom is 0.316 e. The molecule has 3 atom stereocenters. The van der Waals surface area contributed by atoms with Crippen molar-refractivity contribution in [3.05, 3.63) is 71.8 Å². The molecule has 4 rings (SSSR count). The van der Waals surface area contributed by atoms with Crippen molar-refractivity contribution in [3.8, 4) is 6.01 Å². The highest BCUT2D eigenvalue weighted by atomic mass is 32.2. The first-order valence-corrected chi connectivity index (χ1v) is 11.3. The molecule has 0 spiro atoms. The Kier molecular flexibility index (Phi) is 6.34. The number of benzene rings is 1. The molecular weight excluding hydrogens is 403 g/mol. The number of aromatic nitrogens is 4. The van der Waals surface area contributed by atoms with E-state index in [9.17, 15) is 4.39 Å². The van der Waals surface area contributed by atoms with Crippen molar-refractivity contribution in [3.63, 3.8) is 0 Å². The smallest absolute Gasteiger partial charge is 0.316 e. The molecule has 1 aliphatic rings. The zero-order valence-electron chi connectivity index (χ0n) is 17.0. The van der Waals surface area contributed by atoms with E-state index in [0.717, 1.165) is 36.3 Å². The Morgan fingerprint density at radius 2 is 2.03 bits per heavy atom. The molecule has 30 heavy (non-hydrogen) atoms. The summed E-state index contributed by atoms with van der Waals surface area (Å²) in [7, 11) is 1.56. The predicted octanol–water partition coefficient (Wildman–Crippen LogP) is 4.63. The summed E-state index contributed by atoms with van der Waals surface area (Å²) >= 11 is 1.62. The molecule has 1 unspecified atom stereocenters. The Bertz CT molecular complexity index is 954. The molecule has 2 aromatic heterocycles. The fourth-order valence-electron chi connectivity index (χ4n) is 4.41. The lowest BCUT2D eigenvalue weighted by molar-refractivity contribution is -0.0756. The number of hydrogen-bond acceptors (Lipinski definition) is 6. The van der Waals surface area contributed by atoms with Gasteiger partial charge in [0.2, 0.25) is 0 Å². The van der Waals surface area contributed by atoms with Gasteiger partial charge in [-0.2, -0.15) is 4.98 Å². The molecule has 1 aromatic carbocycles. The third kappa shape index (κ3) is 4.06. The van der Waals surface area contributed by atoms with Gasteiger partial charge < -0.3 is 14.5 Å². The van der Waals surface area contributed by atoms with E-state index >= 15 is 0 Å². The van der Waals surface area contributed by atoms with Crippen molar-refractivity contribution in [2.75, 3.05) is 19.3 Å². The molecule has 158 valence electrons. The van der Waals surface area contributed by atoms with Crippen molar-refractivity contribution in [1.82, 2.24) is 19.9 Å². The maximum absolute atomic E-state index is 13.7. The van der Waals surface area contributed by atoms with Crippen molar-refractivity contribution >= 4 is 11.8 Å². The quantitative estimate of drug-likeness (QED) is 0.553. The highest BCUT2D eigenvalue weighted by Crippen LogP contribution is 2.53. The average molecular weight is 429 g/mol. The summed E-state index contributed by atoms with van der Waals surface area (Å²) in [5, 5.41) is 0. The molecule has 1 N–H and O–H groups in total. The van der Waals surface area contributed by atoms with Crippen LogP contribution in [-0.2, 0) is 10.3 Å². The number of H-pyrrole nitrogens is 1. The zero-order chi connectivity index (χ0) is 21.0. The number of halogens is 1. The van der Waals surface area contributed by atoms with Crippen LogP contribution in [0.5, 0.6) is 6.01 Å². The molecular formula is C22H25FN4O2S. The molecule has 0 saturated heterocycles. The van der Waals surface area contributed by atoms with Crippen LogP contribution in [0.2, 0.25) is 0 Å². The second kappa shape index (κ2) is 9.14. The Morgan fingerprint density at radius 3 is 2.73 bits per heavy atom. The normalized spacial score (nSPS) is 24.0. The summed E-state index contributed by atoms with van der Waals surface area (Å²) in [6, 6.07) is 8.89. The van der Waals surface area contributed by atoms with Gasteiger partial charge in [0.15, 0.2) is 0 Å². The first-order chi connectivity index (χ1) is 14.7. The second-order valence-corrected chi connectivity index (χ2v) is 8.23. The number of thioether (sulfide) groups is 1. The lowest BCUT2D eigenvalue weighted by Gasteiger charge is -2.46. The van der Waals surface area contributed by atoms with Crippen molar-refractivity contribution < 1.29 is 13.9 Å². The molecule has 0 bridgehead atoms. The van der Waals surface area contributed by atoms with Crippen molar-refractivity contribution in [2.45, 2.75) is 36.7 Å². The van der Waals surface area contributed by atoms with Gasteiger partial charge in [-0.25, -0.2) is 14.4 Å². The lowest BCUT2D eigenvalue weighted by Crippen LogP contribution is -2.41. The summed E-state index contributed by atoms with van der Waals surface area (Å²) in [5.41, 5.74) is 1.18. The van der Waals surface area contributed by atoms with Crippen LogP contribution < -0.4 is 4.74 Å². The first kappa shape index (κ1) is 20.8. The van der Waals surface area contributed by atoms with Crippen LogP contribution in [0.1, 0.15) is 48.2 Å². The SMILES string of the molecule is COc1nccc([C@H]2CC(c3ncc[nH]3)CC[C@@]2(OCSC)c2ccc(F)cc2)n1. The first-order valence-electron chi connectivity index (χ1n) is 9.91. The fraction of sp³-hybridized carbons (Fsp3) is 0.409. The summed E-state index contributed by atoms with van der Waals surface area (Å²) < 4.78 is 25.5.